The van der Waals surface area contributed by atoms with Crippen molar-refractivity contribution in [1.82, 2.24) is 14.8 Å². The molecule has 9 nitrogen and oxygen atoms in total. The van der Waals surface area contributed by atoms with Crippen molar-refractivity contribution in [3.05, 3.63) is 46.5 Å². The molecule has 0 aliphatic carbocycles. The van der Waals surface area contributed by atoms with Crippen LogP contribution in [0.25, 0.3) is 0 Å². The number of aromatic nitrogens is 3. The van der Waals surface area contributed by atoms with Gasteiger partial charge in [-0.15, -0.1) is 0 Å². The lowest BCUT2D eigenvalue weighted by atomic mass is 10.0. The van der Waals surface area contributed by atoms with E-state index in [1.54, 1.807) is 12.4 Å². The molecule has 0 saturated carbocycles. The van der Waals surface area contributed by atoms with E-state index in [2.05, 4.69) is 10.1 Å². The first-order valence-corrected chi connectivity index (χ1v) is 7.23. The Bertz CT molecular complexity index is 722. The molecule has 23 heavy (non-hydrogen) atoms. The summed E-state index contributed by atoms with van der Waals surface area (Å²) in [4.78, 5) is 27.9. The van der Waals surface area contributed by atoms with E-state index in [1.165, 1.54) is 18.5 Å². The van der Waals surface area contributed by atoms with E-state index in [4.69, 9.17) is 5.73 Å². The fourth-order valence-electron chi connectivity index (χ4n) is 2.89. The molecular formula is C14H16N6O3. The second-order valence-corrected chi connectivity index (χ2v) is 5.42. The number of non-ortho nitro benzene ring substituents is 1. The van der Waals surface area contributed by atoms with E-state index in [9.17, 15) is 14.9 Å². The molecule has 2 aromatic rings. The van der Waals surface area contributed by atoms with E-state index >= 15 is 0 Å². The molecule has 1 aromatic carbocycles. The highest BCUT2D eigenvalue weighted by molar-refractivity contribution is 5.99. The minimum absolute atomic E-state index is 0.139. The highest BCUT2D eigenvalue weighted by atomic mass is 16.6. The van der Waals surface area contributed by atoms with Gasteiger partial charge in [0.15, 0.2) is 0 Å². The van der Waals surface area contributed by atoms with Crippen molar-refractivity contribution in [3.63, 3.8) is 0 Å². The Kier molecular flexibility index (Phi) is 3.92. The number of carbonyl (C=O) groups is 1. The van der Waals surface area contributed by atoms with Crippen LogP contribution in [0.5, 0.6) is 0 Å². The number of carbonyl (C=O) groups excluding carboxylic acids is 1. The van der Waals surface area contributed by atoms with Crippen LogP contribution in [0.3, 0.4) is 0 Å². The van der Waals surface area contributed by atoms with Gasteiger partial charge in [0.1, 0.15) is 12.7 Å². The van der Waals surface area contributed by atoms with E-state index in [0.29, 0.717) is 18.8 Å². The number of benzene rings is 1. The lowest BCUT2D eigenvalue weighted by Gasteiger charge is -2.34. The average molecular weight is 316 g/mol. The zero-order valence-electron chi connectivity index (χ0n) is 12.3. The van der Waals surface area contributed by atoms with Crippen LogP contribution in [0, 0.1) is 10.1 Å². The second kappa shape index (κ2) is 6.03. The maximum atomic E-state index is 11.6. The highest BCUT2D eigenvalue weighted by Gasteiger charge is 2.25. The van der Waals surface area contributed by atoms with Gasteiger partial charge in [0.05, 0.1) is 22.2 Å². The summed E-state index contributed by atoms with van der Waals surface area (Å²) in [6.07, 6.45) is 4.89. The quantitative estimate of drug-likeness (QED) is 0.666. The van der Waals surface area contributed by atoms with Crippen LogP contribution in [0.4, 0.5) is 11.4 Å². The third kappa shape index (κ3) is 2.98. The SMILES string of the molecule is NC(=O)c1cc([N+](=O)[O-])ccc1N1CCC(n2cncn2)CC1. The summed E-state index contributed by atoms with van der Waals surface area (Å²) < 4.78 is 1.84. The number of nitro benzene ring substituents is 1. The van der Waals surface area contributed by atoms with Crippen LogP contribution in [-0.2, 0) is 0 Å². The first kappa shape index (κ1) is 14.9. The minimum Gasteiger partial charge on any atom is -0.371 e. The Balaban J connectivity index is 1.80. The van der Waals surface area contributed by atoms with Crippen molar-refractivity contribution in [2.24, 2.45) is 5.73 Å². The summed E-state index contributed by atoms with van der Waals surface area (Å²) in [7, 11) is 0. The van der Waals surface area contributed by atoms with Gasteiger partial charge in [0.25, 0.3) is 11.6 Å². The number of primary amides is 1. The number of hydrogen-bond acceptors (Lipinski definition) is 6. The van der Waals surface area contributed by atoms with Gasteiger partial charge in [0.2, 0.25) is 0 Å². The van der Waals surface area contributed by atoms with E-state index in [0.717, 1.165) is 12.8 Å². The zero-order chi connectivity index (χ0) is 16.4. The van der Waals surface area contributed by atoms with Crippen molar-refractivity contribution in [1.29, 1.82) is 0 Å². The molecule has 0 spiro atoms. The first-order valence-electron chi connectivity index (χ1n) is 7.23. The Morgan fingerprint density at radius 1 is 1.35 bits per heavy atom. The molecule has 0 unspecified atom stereocenters. The standard InChI is InChI=1S/C14H16N6O3/c15-14(21)12-7-11(20(22)23)1-2-13(12)18-5-3-10(4-6-18)19-9-16-8-17-19/h1-2,7-10H,3-6H2,(H2,15,21). The number of anilines is 1. The van der Waals surface area contributed by atoms with Gasteiger partial charge in [-0.25, -0.2) is 9.67 Å². The van der Waals surface area contributed by atoms with Crippen LogP contribution < -0.4 is 10.6 Å². The Hall–Kier alpha value is -2.97. The number of nitrogens with two attached hydrogens (primary N) is 1. The molecule has 0 atom stereocenters. The molecule has 9 heteroatoms. The predicted octanol–water partition coefficient (Wildman–Crippen LogP) is 1.13. The topological polar surface area (TPSA) is 120 Å². The Morgan fingerprint density at radius 3 is 2.65 bits per heavy atom. The molecule has 2 N–H and O–H groups in total. The molecule has 1 saturated heterocycles. The number of nitro groups is 1. The highest BCUT2D eigenvalue weighted by Crippen LogP contribution is 2.30. The second-order valence-electron chi connectivity index (χ2n) is 5.42. The minimum atomic E-state index is -0.665. The fourth-order valence-corrected chi connectivity index (χ4v) is 2.89. The van der Waals surface area contributed by atoms with E-state index in [-0.39, 0.29) is 17.3 Å². The molecule has 2 heterocycles. The number of piperidine rings is 1. The fraction of sp³-hybridized carbons (Fsp3) is 0.357. The molecule has 0 bridgehead atoms. The van der Waals surface area contributed by atoms with Crippen molar-refractivity contribution in [2.45, 2.75) is 18.9 Å². The van der Waals surface area contributed by atoms with E-state index in [1.807, 2.05) is 9.58 Å². The third-order valence-electron chi connectivity index (χ3n) is 4.07. The third-order valence-corrected chi connectivity index (χ3v) is 4.07. The summed E-state index contributed by atoms with van der Waals surface area (Å²) in [6.45, 7) is 1.42. The van der Waals surface area contributed by atoms with Gasteiger partial charge in [-0.05, 0) is 18.9 Å². The van der Waals surface area contributed by atoms with Crippen LogP contribution in [0.2, 0.25) is 0 Å². The van der Waals surface area contributed by atoms with Crippen molar-refractivity contribution in [3.8, 4) is 0 Å². The maximum absolute atomic E-state index is 11.6. The van der Waals surface area contributed by atoms with Crippen molar-refractivity contribution < 1.29 is 9.72 Å². The lowest BCUT2D eigenvalue weighted by Crippen LogP contribution is -2.36. The monoisotopic (exact) mass is 316 g/mol. The maximum Gasteiger partial charge on any atom is 0.270 e. The predicted molar refractivity (Wildman–Crippen MR) is 82.1 cm³/mol. The molecule has 3 rings (SSSR count). The van der Waals surface area contributed by atoms with Crippen LogP contribution in [-0.4, -0.2) is 38.7 Å². The molecule has 1 aliphatic heterocycles. The Labute approximate surface area is 131 Å². The van der Waals surface area contributed by atoms with Gasteiger partial charge in [-0.2, -0.15) is 5.10 Å². The smallest absolute Gasteiger partial charge is 0.270 e. The van der Waals surface area contributed by atoms with Crippen LogP contribution >= 0.6 is 0 Å². The summed E-state index contributed by atoms with van der Waals surface area (Å²) >= 11 is 0. The molecule has 1 fully saturated rings. The van der Waals surface area contributed by atoms with Gasteiger partial charge in [0, 0.05) is 25.2 Å². The van der Waals surface area contributed by atoms with Gasteiger partial charge in [-0.3, -0.25) is 14.9 Å². The first-order chi connectivity index (χ1) is 11.1. The zero-order valence-corrected chi connectivity index (χ0v) is 12.3. The number of nitrogens with zero attached hydrogens (tertiary/aromatic N) is 5. The molecular weight excluding hydrogens is 300 g/mol. The van der Waals surface area contributed by atoms with Crippen molar-refractivity contribution in [2.75, 3.05) is 18.0 Å². The molecule has 1 aromatic heterocycles. The largest absolute Gasteiger partial charge is 0.371 e. The van der Waals surface area contributed by atoms with E-state index < -0.39 is 10.8 Å². The summed E-state index contributed by atoms with van der Waals surface area (Å²) in [5.41, 5.74) is 6.06. The molecule has 120 valence electrons. The molecule has 1 aliphatic rings. The average Bonchev–Trinajstić information content (AvgIpc) is 3.09. The summed E-state index contributed by atoms with van der Waals surface area (Å²) in [5.74, 6) is -0.665. The summed E-state index contributed by atoms with van der Waals surface area (Å²) in [5, 5.41) is 15.0. The van der Waals surface area contributed by atoms with Gasteiger partial charge in [-0.1, -0.05) is 0 Å². The van der Waals surface area contributed by atoms with Gasteiger partial charge >= 0.3 is 0 Å². The van der Waals surface area contributed by atoms with Crippen molar-refractivity contribution >= 4 is 17.3 Å². The number of hydrogen-bond donors (Lipinski definition) is 1. The van der Waals surface area contributed by atoms with Gasteiger partial charge < -0.3 is 10.6 Å². The van der Waals surface area contributed by atoms with Crippen LogP contribution in [0.1, 0.15) is 29.2 Å². The van der Waals surface area contributed by atoms with Crippen LogP contribution in [0.15, 0.2) is 30.9 Å². The lowest BCUT2D eigenvalue weighted by molar-refractivity contribution is -0.384. The normalized spacial score (nSPS) is 15.6. The molecule has 0 radical (unpaired) electrons. The molecule has 1 amide bonds. The number of rotatable bonds is 4. The number of amides is 1. The Morgan fingerprint density at radius 2 is 2.09 bits per heavy atom. The summed E-state index contributed by atoms with van der Waals surface area (Å²) in [6, 6.07) is 4.49.